The van der Waals surface area contributed by atoms with Crippen LogP contribution in [0.1, 0.15) is 78.1 Å². The van der Waals surface area contributed by atoms with Crippen LogP contribution in [-0.2, 0) is 9.59 Å². The normalized spacial score (nSPS) is 12.1. The molecule has 1 atom stereocenters. The Labute approximate surface area is 112 Å². The molecule has 0 aliphatic carbocycles. The summed E-state index contributed by atoms with van der Waals surface area (Å²) in [4.78, 5) is 21.7. The molecule has 0 aromatic heterocycles. The fourth-order valence-electron chi connectivity index (χ4n) is 1.99. The van der Waals surface area contributed by atoms with Crippen LogP contribution in [0.15, 0.2) is 0 Å². The minimum atomic E-state index is 0.187. The monoisotopic (exact) mass is 255 g/mol. The van der Waals surface area contributed by atoms with Gasteiger partial charge in [0.25, 0.3) is 0 Å². The molecule has 1 amide bonds. The molecule has 0 aromatic carbocycles. The van der Waals surface area contributed by atoms with E-state index in [9.17, 15) is 9.59 Å². The lowest BCUT2D eigenvalue weighted by molar-refractivity contribution is -0.121. The molecular weight excluding hydrogens is 226 g/mol. The summed E-state index contributed by atoms with van der Waals surface area (Å²) in [5.41, 5.74) is 0. The van der Waals surface area contributed by atoms with Crippen LogP contribution in [0.5, 0.6) is 0 Å². The van der Waals surface area contributed by atoms with Gasteiger partial charge >= 0.3 is 0 Å². The molecular formula is C15H29NO2. The minimum Gasteiger partial charge on any atom is -0.354 e. The Morgan fingerprint density at radius 1 is 1.11 bits per heavy atom. The second-order valence-electron chi connectivity index (χ2n) is 5.08. The maximum atomic E-state index is 11.6. The largest absolute Gasteiger partial charge is 0.354 e. The van der Waals surface area contributed by atoms with Crippen LogP contribution in [0.3, 0.4) is 0 Å². The minimum absolute atomic E-state index is 0.187. The van der Waals surface area contributed by atoms with Gasteiger partial charge < -0.3 is 10.1 Å². The fourth-order valence-corrected chi connectivity index (χ4v) is 1.99. The fraction of sp³-hybridized carbons (Fsp3) is 0.867. The van der Waals surface area contributed by atoms with Crippen molar-refractivity contribution in [3.05, 3.63) is 0 Å². The first-order valence-corrected chi connectivity index (χ1v) is 7.43. The Morgan fingerprint density at radius 2 is 1.83 bits per heavy atom. The quantitative estimate of drug-likeness (QED) is 0.428. The van der Waals surface area contributed by atoms with Gasteiger partial charge in [0.15, 0.2) is 0 Å². The highest BCUT2D eigenvalue weighted by Crippen LogP contribution is 2.06. The smallest absolute Gasteiger partial charge is 0.220 e. The predicted octanol–water partition coefficient (Wildman–Crippen LogP) is 3.61. The van der Waals surface area contributed by atoms with E-state index in [0.717, 1.165) is 44.8 Å². The maximum Gasteiger partial charge on any atom is 0.220 e. The number of carbonyl (C=O) groups is 2. The van der Waals surface area contributed by atoms with Crippen LogP contribution >= 0.6 is 0 Å². The third-order valence-corrected chi connectivity index (χ3v) is 3.12. The molecule has 0 rings (SSSR count). The van der Waals surface area contributed by atoms with Crippen molar-refractivity contribution in [3.8, 4) is 0 Å². The number of hydrogen-bond acceptors (Lipinski definition) is 2. The molecule has 0 aromatic rings. The molecule has 0 aliphatic rings. The molecule has 0 aliphatic heterocycles. The van der Waals surface area contributed by atoms with Crippen molar-refractivity contribution in [2.75, 3.05) is 0 Å². The molecule has 1 unspecified atom stereocenters. The number of aldehydes is 1. The van der Waals surface area contributed by atoms with Gasteiger partial charge in [-0.1, -0.05) is 39.0 Å². The topological polar surface area (TPSA) is 46.2 Å². The van der Waals surface area contributed by atoms with Gasteiger partial charge in [-0.05, 0) is 26.2 Å². The molecule has 0 spiro atoms. The van der Waals surface area contributed by atoms with Crippen LogP contribution in [-0.4, -0.2) is 18.2 Å². The Kier molecular flexibility index (Phi) is 12.0. The van der Waals surface area contributed by atoms with E-state index in [2.05, 4.69) is 19.2 Å². The Balaban J connectivity index is 3.40. The summed E-state index contributed by atoms with van der Waals surface area (Å²) < 4.78 is 0. The van der Waals surface area contributed by atoms with Gasteiger partial charge in [0, 0.05) is 18.9 Å². The van der Waals surface area contributed by atoms with Gasteiger partial charge in [0.2, 0.25) is 5.91 Å². The second kappa shape index (κ2) is 12.6. The van der Waals surface area contributed by atoms with E-state index in [-0.39, 0.29) is 11.9 Å². The van der Waals surface area contributed by atoms with Gasteiger partial charge in [-0.25, -0.2) is 0 Å². The van der Waals surface area contributed by atoms with Crippen molar-refractivity contribution in [2.45, 2.75) is 84.1 Å². The third-order valence-electron chi connectivity index (χ3n) is 3.12. The predicted molar refractivity (Wildman–Crippen MR) is 75.5 cm³/mol. The number of rotatable bonds is 12. The Bertz CT molecular complexity index is 217. The van der Waals surface area contributed by atoms with Crippen molar-refractivity contribution in [3.63, 3.8) is 0 Å². The summed E-state index contributed by atoms with van der Waals surface area (Å²) in [6, 6.07) is 0.264. The van der Waals surface area contributed by atoms with E-state index in [4.69, 9.17) is 0 Å². The molecule has 1 N–H and O–H groups in total. The first-order chi connectivity index (χ1) is 8.70. The highest BCUT2D eigenvalue weighted by Gasteiger charge is 2.06. The van der Waals surface area contributed by atoms with Gasteiger partial charge in [-0.3, -0.25) is 4.79 Å². The number of nitrogens with one attached hydrogen (secondary N) is 1. The molecule has 0 saturated carbocycles. The van der Waals surface area contributed by atoms with E-state index < -0.39 is 0 Å². The molecule has 3 nitrogen and oxygen atoms in total. The first kappa shape index (κ1) is 17.1. The molecule has 18 heavy (non-hydrogen) atoms. The maximum absolute atomic E-state index is 11.6. The van der Waals surface area contributed by atoms with Crippen LogP contribution in [0.2, 0.25) is 0 Å². The first-order valence-electron chi connectivity index (χ1n) is 7.43. The second-order valence-corrected chi connectivity index (χ2v) is 5.08. The number of unbranched alkanes of at least 4 members (excludes halogenated alkanes) is 6. The number of amides is 1. The van der Waals surface area contributed by atoms with E-state index in [1.165, 1.54) is 12.8 Å². The summed E-state index contributed by atoms with van der Waals surface area (Å²) in [5.74, 6) is 0.187. The lowest BCUT2D eigenvalue weighted by Gasteiger charge is -2.13. The molecule has 106 valence electrons. The standard InChI is InChI=1S/C15H29NO2/c1-3-4-5-9-12-15(18)16-14(2)11-8-6-7-10-13-17/h13-14H,3-12H2,1-2H3,(H,16,18). The summed E-state index contributed by atoms with van der Waals surface area (Å²) >= 11 is 0. The highest BCUT2D eigenvalue weighted by atomic mass is 16.1. The van der Waals surface area contributed by atoms with E-state index in [1.807, 2.05) is 0 Å². The zero-order valence-corrected chi connectivity index (χ0v) is 12.0. The van der Waals surface area contributed by atoms with E-state index >= 15 is 0 Å². The van der Waals surface area contributed by atoms with Gasteiger partial charge in [-0.15, -0.1) is 0 Å². The van der Waals surface area contributed by atoms with Gasteiger partial charge in [0.05, 0.1) is 0 Å². The van der Waals surface area contributed by atoms with Crippen LogP contribution in [0.25, 0.3) is 0 Å². The van der Waals surface area contributed by atoms with Crippen molar-refractivity contribution < 1.29 is 9.59 Å². The molecule has 0 heterocycles. The molecule has 0 radical (unpaired) electrons. The molecule has 0 saturated heterocycles. The highest BCUT2D eigenvalue weighted by molar-refractivity contribution is 5.76. The van der Waals surface area contributed by atoms with Crippen LogP contribution in [0.4, 0.5) is 0 Å². The average Bonchev–Trinajstić information content (AvgIpc) is 2.34. The molecule has 3 heteroatoms. The Morgan fingerprint density at radius 3 is 2.50 bits per heavy atom. The summed E-state index contributed by atoms with van der Waals surface area (Å²) in [6.07, 6.45) is 11.0. The van der Waals surface area contributed by atoms with Crippen molar-refractivity contribution in [2.24, 2.45) is 0 Å². The average molecular weight is 255 g/mol. The molecule has 0 fully saturated rings. The van der Waals surface area contributed by atoms with E-state index in [1.54, 1.807) is 0 Å². The lowest BCUT2D eigenvalue weighted by Crippen LogP contribution is -2.32. The summed E-state index contributed by atoms with van der Waals surface area (Å²) in [7, 11) is 0. The summed E-state index contributed by atoms with van der Waals surface area (Å²) in [6.45, 7) is 4.23. The molecule has 0 bridgehead atoms. The van der Waals surface area contributed by atoms with Crippen molar-refractivity contribution >= 4 is 12.2 Å². The lowest BCUT2D eigenvalue weighted by atomic mass is 10.1. The van der Waals surface area contributed by atoms with Crippen LogP contribution in [0, 0.1) is 0 Å². The van der Waals surface area contributed by atoms with Gasteiger partial charge in [0.1, 0.15) is 6.29 Å². The zero-order valence-electron chi connectivity index (χ0n) is 12.0. The SMILES string of the molecule is CCCCCCC(=O)NC(C)CCCCCC=O. The van der Waals surface area contributed by atoms with Crippen molar-refractivity contribution in [1.82, 2.24) is 5.32 Å². The Hall–Kier alpha value is -0.860. The van der Waals surface area contributed by atoms with Crippen molar-refractivity contribution in [1.29, 1.82) is 0 Å². The number of hydrogen-bond donors (Lipinski definition) is 1. The van der Waals surface area contributed by atoms with E-state index in [0.29, 0.717) is 12.8 Å². The number of carbonyl (C=O) groups excluding carboxylic acids is 2. The van der Waals surface area contributed by atoms with Crippen LogP contribution < -0.4 is 5.32 Å². The summed E-state index contributed by atoms with van der Waals surface area (Å²) in [5, 5.41) is 3.04. The van der Waals surface area contributed by atoms with Gasteiger partial charge in [-0.2, -0.15) is 0 Å². The zero-order chi connectivity index (χ0) is 13.6. The third kappa shape index (κ3) is 11.6.